The summed E-state index contributed by atoms with van der Waals surface area (Å²) in [5.74, 6) is 0.701. The summed E-state index contributed by atoms with van der Waals surface area (Å²) in [7, 11) is 0. The molecule has 1 saturated carbocycles. The van der Waals surface area contributed by atoms with E-state index in [1.807, 2.05) is 6.07 Å². The van der Waals surface area contributed by atoms with E-state index in [4.69, 9.17) is 14.6 Å². The lowest BCUT2D eigenvalue weighted by Crippen LogP contribution is -2.42. The number of unbranched alkanes of at least 4 members (excludes halogenated alkanes) is 2. The summed E-state index contributed by atoms with van der Waals surface area (Å²) in [5, 5.41) is 58.8. The molecule has 6 N–H and O–H groups in total. The number of hydrogen-bond donors (Lipinski definition) is 6. The molecule has 0 heterocycles. The second-order valence-electron chi connectivity index (χ2n) is 10.7. The molecule has 8 atom stereocenters. The monoisotopic (exact) mass is 524 g/mol. The first-order chi connectivity index (χ1) is 17.7. The van der Waals surface area contributed by atoms with Crippen molar-refractivity contribution in [2.75, 3.05) is 19.8 Å². The minimum absolute atomic E-state index is 0.171. The quantitative estimate of drug-likeness (QED) is 0.146. The molecule has 210 valence electrons. The molecule has 0 amide bonds. The first-order valence-corrected chi connectivity index (χ1v) is 13.6. The maximum Gasteiger partial charge on any atom is 0.344 e. The number of hydrogen-bond acceptors (Lipinski definition) is 9. The van der Waals surface area contributed by atoms with Crippen molar-refractivity contribution in [3.05, 3.63) is 29.3 Å². The third-order valence-electron chi connectivity index (χ3n) is 8.06. The van der Waals surface area contributed by atoms with E-state index in [2.05, 4.69) is 13.0 Å². The number of esters is 1. The number of ether oxygens (including phenoxy) is 2. The molecule has 0 bridgehead atoms. The number of rotatable bonds is 15. The van der Waals surface area contributed by atoms with Crippen LogP contribution in [0.25, 0.3) is 0 Å². The number of aliphatic hydroxyl groups excluding tert-OH is 6. The Morgan fingerprint density at radius 1 is 1.08 bits per heavy atom. The first kappa shape index (κ1) is 29.8. The zero-order valence-electron chi connectivity index (χ0n) is 21.7. The summed E-state index contributed by atoms with van der Waals surface area (Å²) in [5.41, 5.74) is 2.18. The highest BCUT2D eigenvalue weighted by Gasteiger charge is 2.44. The van der Waals surface area contributed by atoms with E-state index in [1.165, 1.54) is 0 Å². The van der Waals surface area contributed by atoms with Gasteiger partial charge in [-0.25, -0.2) is 4.79 Å². The third kappa shape index (κ3) is 8.12. The van der Waals surface area contributed by atoms with Crippen LogP contribution in [-0.4, -0.2) is 86.9 Å². The molecule has 2 aliphatic rings. The fourth-order valence-corrected chi connectivity index (χ4v) is 5.92. The van der Waals surface area contributed by atoms with Crippen molar-refractivity contribution in [2.24, 2.45) is 17.8 Å². The lowest BCUT2D eigenvalue weighted by atomic mass is 9.73. The maximum atomic E-state index is 12.1. The molecular formula is C28H44O9. The van der Waals surface area contributed by atoms with Crippen LogP contribution in [0.3, 0.4) is 0 Å². The van der Waals surface area contributed by atoms with Gasteiger partial charge in [0.25, 0.3) is 0 Å². The smallest absolute Gasteiger partial charge is 0.344 e. The topological polar surface area (TPSA) is 157 Å². The largest absolute Gasteiger partial charge is 0.482 e. The highest BCUT2D eigenvalue weighted by Crippen LogP contribution is 2.48. The average Bonchev–Trinajstić information content (AvgIpc) is 3.20. The van der Waals surface area contributed by atoms with Crippen molar-refractivity contribution in [3.8, 4) is 5.75 Å². The third-order valence-corrected chi connectivity index (χ3v) is 8.06. The first-order valence-electron chi connectivity index (χ1n) is 13.6. The molecule has 0 spiro atoms. The molecule has 9 nitrogen and oxygen atoms in total. The van der Waals surface area contributed by atoms with Gasteiger partial charge in [-0.05, 0) is 73.5 Å². The highest BCUT2D eigenvalue weighted by molar-refractivity contribution is 5.71. The van der Waals surface area contributed by atoms with Crippen molar-refractivity contribution < 1.29 is 44.9 Å². The Kier molecular flexibility index (Phi) is 11.6. The molecule has 1 aromatic carbocycles. The Bertz CT molecular complexity index is 847. The fourth-order valence-electron chi connectivity index (χ4n) is 5.92. The number of aliphatic hydroxyl groups is 6. The second-order valence-corrected chi connectivity index (χ2v) is 10.7. The van der Waals surface area contributed by atoms with Gasteiger partial charge in [-0.3, -0.25) is 0 Å². The Hall–Kier alpha value is -1.75. The molecule has 1 fully saturated rings. The van der Waals surface area contributed by atoms with Crippen LogP contribution in [0.1, 0.15) is 63.0 Å². The number of benzene rings is 1. The van der Waals surface area contributed by atoms with Gasteiger partial charge in [0.05, 0.1) is 18.8 Å². The van der Waals surface area contributed by atoms with Crippen LogP contribution in [0.2, 0.25) is 0 Å². The molecule has 3 rings (SSSR count). The molecule has 0 aromatic heterocycles. The molecule has 3 unspecified atom stereocenters. The van der Waals surface area contributed by atoms with Crippen LogP contribution in [0, 0.1) is 17.8 Å². The van der Waals surface area contributed by atoms with Gasteiger partial charge in [0.2, 0.25) is 0 Å². The van der Waals surface area contributed by atoms with E-state index in [9.17, 15) is 30.3 Å². The SMILES string of the molecule is CCCCC[C@H](O)CC[C@@H]1[C@H]2Cc3cccc(OCC(=O)OCC(O)C(O)C(O)CO)c3C[C@H]2C[C@H]1O. The fraction of sp³-hybridized carbons (Fsp3) is 0.750. The van der Waals surface area contributed by atoms with Gasteiger partial charge in [0.15, 0.2) is 6.61 Å². The Morgan fingerprint density at radius 2 is 1.86 bits per heavy atom. The standard InChI is InChI=1S/C28H44O9/c1-2-3-4-7-19(30)9-10-20-21-11-17-6-5-8-26(22(17)12-18(21)13-23(20)31)36-16-27(34)37-15-25(33)28(35)24(32)14-29/h5-6,8,18-21,23-25,28-33,35H,2-4,7,9-16H2,1H3/t18-,19-,20+,21-,23+,24?,25?,28?/m0/s1. The second kappa shape index (κ2) is 14.4. The lowest BCUT2D eigenvalue weighted by Gasteiger charge is -2.32. The molecule has 0 aliphatic heterocycles. The van der Waals surface area contributed by atoms with Crippen molar-refractivity contribution in [3.63, 3.8) is 0 Å². The van der Waals surface area contributed by atoms with Crippen LogP contribution >= 0.6 is 0 Å². The number of carbonyl (C=O) groups is 1. The van der Waals surface area contributed by atoms with Gasteiger partial charge in [-0.1, -0.05) is 38.3 Å². The van der Waals surface area contributed by atoms with Crippen LogP contribution in [0.4, 0.5) is 0 Å². The lowest BCUT2D eigenvalue weighted by molar-refractivity contribution is -0.154. The van der Waals surface area contributed by atoms with Gasteiger partial charge < -0.3 is 40.1 Å². The average molecular weight is 525 g/mol. The molecule has 2 aliphatic carbocycles. The van der Waals surface area contributed by atoms with Gasteiger partial charge in [0, 0.05) is 0 Å². The van der Waals surface area contributed by atoms with Crippen LogP contribution in [0.15, 0.2) is 18.2 Å². The van der Waals surface area contributed by atoms with Crippen LogP contribution in [-0.2, 0) is 22.4 Å². The van der Waals surface area contributed by atoms with Crippen molar-refractivity contribution in [1.82, 2.24) is 0 Å². The molecule has 9 heteroatoms. The van der Waals surface area contributed by atoms with E-state index in [0.717, 1.165) is 68.9 Å². The maximum absolute atomic E-state index is 12.1. The number of carbonyl (C=O) groups excluding carboxylic acids is 1. The van der Waals surface area contributed by atoms with Crippen LogP contribution in [0.5, 0.6) is 5.75 Å². The summed E-state index contributed by atoms with van der Waals surface area (Å²) in [6.45, 7) is 0.507. The molecule has 0 radical (unpaired) electrons. The molecule has 1 aromatic rings. The van der Waals surface area contributed by atoms with Crippen molar-refractivity contribution >= 4 is 5.97 Å². The molecular weight excluding hydrogens is 480 g/mol. The van der Waals surface area contributed by atoms with Gasteiger partial charge in [-0.15, -0.1) is 0 Å². The minimum Gasteiger partial charge on any atom is -0.482 e. The van der Waals surface area contributed by atoms with Crippen molar-refractivity contribution in [1.29, 1.82) is 0 Å². The van der Waals surface area contributed by atoms with Crippen LogP contribution < -0.4 is 4.74 Å². The summed E-state index contributed by atoms with van der Waals surface area (Å²) in [4.78, 5) is 12.1. The van der Waals surface area contributed by atoms with E-state index in [-0.39, 0.29) is 24.7 Å². The number of fused-ring (bicyclic) bond motifs is 2. The zero-order chi connectivity index (χ0) is 26.9. The zero-order valence-corrected chi connectivity index (χ0v) is 21.7. The van der Waals surface area contributed by atoms with Gasteiger partial charge in [-0.2, -0.15) is 0 Å². The Balaban J connectivity index is 1.52. The summed E-state index contributed by atoms with van der Waals surface area (Å²) >= 11 is 0. The minimum atomic E-state index is -1.64. The summed E-state index contributed by atoms with van der Waals surface area (Å²) < 4.78 is 10.7. The molecule has 0 saturated heterocycles. The van der Waals surface area contributed by atoms with E-state index in [0.29, 0.717) is 17.6 Å². The highest BCUT2D eigenvalue weighted by atomic mass is 16.6. The summed E-state index contributed by atoms with van der Waals surface area (Å²) in [6, 6.07) is 5.74. The van der Waals surface area contributed by atoms with Crippen molar-refractivity contribution in [2.45, 2.75) is 95.2 Å². The summed E-state index contributed by atoms with van der Waals surface area (Å²) in [6.07, 6.45) is 2.57. The predicted octanol–water partition coefficient (Wildman–Crippen LogP) is 1.12. The van der Waals surface area contributed by atoms with E-state index >= 15 is 0 Å². The van der Waals surface area contributed by atoms with Gasteiger partial charge >= 0.3 is 5.97 Å². The normalized spacial score (nSPS) is 26.0. The Morgan fingerprint density at radius 3 is 2.59 bits per heavy atom. The van der Waals surface area contributed by atoms with Gasteiger partial charge in [0.1, 0.15) is 30.7 Å². The Labute approximate surface area is 219 Å². The predicted molar refractivity (Wildman–Crippen MR) is 136 cm³/mol. The molecule has 37 heavy (non-hydrogen) atoms. The van der Waals surface area contributed by atoms with E-state index in [1.54, 1.807) is 6.07 Å². The van der Waals surface area contributed by atoms with E-state index < -0.39 is 37.5 Å².